The van der Waals surface area contributed by atoms with Gasteiger partial charge in [0, 0.05) is 18.2 Å². The van der Waals surface area contributed by atoms with Crippen LogP contribution >= 0.6 is 0 Å². The van der Waals surface area contributed by atoms with E-state index in [1.807, 2.05) is 50.4 Å². The van der Waals surface area contributed by atoms with Gasteiger partial charge in [-0.2, -0.15) is 0 Å². The fourth-order valence-electron chi connectivity index (χ4n) is 3.27. The van der Waals surface area contributed by atoms with E-state index in [0.29, 0.717) is 18.3 Å². The summed E-state index contributed by atoms with van der Waals surface area (Å²) in [6, 6.07) is 12.1. The third-order valence-electron chi connectivity index (χ3n) is 5.78. The molecule has 0 heterocycles. The van der Waals surface area contributed by atoms with E-state index in [4.69, 9.17) is 0 Å². The molecule has 0 aliphatic rings. The number of aliphatic imine (C=N–C) groups is 1. The number of rotatable bonds is 8. The molecule has 2 aromatic rings. The first-order valence-corrected chi connectivity index (χ1v) is 10.0. The van der Waals surface area contributed by atoms with E-state index in [9.17, 15) is 4.79 Å². The molecule has 144 valence electrons. The summed E-state index contributed by atoms with van der Waals surface area (Å²) in [5, 5.41) is 0. The maximum atomic E-state index is 12.8. The lowest BCUT2D eigenvalue weighted by Crippen LogP contribution is -2.07. The number of carbonyl (C=O) groups is 1. The average Bonchev–Trinajstić information content (AvgIpc) is 2.65. The first-order chi connectivity index (χ1) is 12.8. The van der Waals surface area contributed by atoms with Crippen molar-refractivity contribution in [3.63, 3.8) is 0 Å². The molecule has 2 unspecified atom stereocenters. The molecule has 2 aromatic carbocycles. The molecule has 2 nitrogen and oxygen atoms in total. The second-order valence-corrected chi connectivity index (χ2v) is 7.89. The minimum Gasteiger partial charge on any atom is -0.294 e. The van der Waals surface area contributed by atoms with Crippen molar-refractivity contribution in [3.8, 4) is 0 Å². The van der Waals surface area contributed by atoms with Gasteiger partial charge in [-0.1, -0.05) is 51.5 Å². The summed E-state index contributed by atoms with van der Waals surface area (Å²) in [6.07, 6.45) is 4.67. The van der Waals surface area contributed by atoms with E-state index < -0.39 is 0 Å². The van der Waals surface area contributed by atoms with E-state index in [1.54, 1.807) is 0 Å². The highest BCUT2D eigenvalue weighted by molar-refractivity contribution is 5.99. The predicted octanol–water partition coefficient (Wildman–Crippen LogP) is 6.81. The van der Waals surface area contributed by atoms with Crippen LogP contribution in [-0.4, -0.2) is 12.0 Å². The third kappa shape index (κ3) is 5.63. The Morgan fingerprint density at radius 1 is 1.00 bits per heavy atom. The molecule has 0 saturated carbocycles. The first-order valence-electron chi connectivity index (χ1n) is 10.0. The molecule has 0 aromatic heterocycles. The molecule has 2 heteroatoms. The topological polar surface area (TPSA) is 29.4 Å². The molecule has 0 spiro atoms. The Bertz CT molecular complexity index is 819. The Labute approximate surface area is 164 Å². The number of ketones is 1. The van der Waals surface area contributed by atoms with Crippen LogP contribution in [0, 0.1) is 32.6 Å². The largest absolute Gasteiger partial charge is 0.294 e. The number of hydrogen-bond donors (Lipinski definition) is 0. The van der Waals surface area contributed by atoms with Gasteiger partial charge in [0.05, 0.1) is 5.69 Å². The zero-order valence-corrected chi connectivity index (χ0v) is 17.7. The van der Waals surface area contributed by atoms with Gasteiger partial charge >= 0.3 is 0 Å². The van der Waals surface area contributed by atoms with E-state index in [2.05, 4.69) is 38.8 Å². The molecule has 2 atom stereocenters. The molecule has 2 rings (SSSR count). The van der Waals surface area contributed by atoms with Crippen LogP contribution in [0.15, 0.2) is 41.4 Å². The predicted molar refractivity (Wildman–Crippen MR) is 117 cm³/mol. The summed E-state index contributed by atoms with van der Waals surface area (Å²) in [5.41, 5.74) is 6.10. The van der Waals surface area contributed by atoms with Crippen LogP contribution in [0.3, 0.4) is 0 Å². The maximum Gasteiger partial charge on any atom is 0.167 e. The third-order valence-corrected chi connectivity index (χ3v) is 5.78. The van der Waals surface area contributed by atoms with E-state index >= 15 is 0 Å². The van der Waals surface area contributed by atoms with Crippen LogP contribution in [0.2, 0.25) is 0 Å². The van der Waals surface area contributed by atoms with Gasteiger partial charge in [0.2, 0.25) is 0 Å². The lowest BCUT2D eigenvalue weighted by atomic mass is 9.91. The van der Waals surface area contributed by atoms with Gasteiger partial charge in [-0.25, -0.2) is 0 Å². The lowest BCUT2D eigenvalue weighted by Gasteiger charge is -2.15. The monoisotopic (exact) mass is 363 g/mol. The number of nitrogens with zero attached hydrogens (tertiary/aromatic N) is 1. The molecular formula is C25H33NO. The summed E-state index contributed by atoms with van der Waals surface area (Å²) >= 11 is 0. The van der Waals surface area contributed by atoms with Crippen molar-refractivity contribution in [2.75, 3.05) is 0 Å². The van der Waals surface area contributed by atoms with Gasteiger partial charge in [-0.15, -0.1) is 0 Å². The lowest BCUT2D eigenvalue weighted by molar-refractivity contribution is 0.0992. The SMILES string of the molecule is CCC(C)C(C)CC=Nc1cc(C)c(C(=O)Cc2ccccc2C)cc1C. The maximum absolute atomic E-state index is 12.8. The number of Topliss-reactive ketones (excluding diaryl/α,β-unsaturated/α-hetero) is 1. The molecule has 0 N–H and O–H groups in total. The molecule has 0 aliphatic carbocycles. The van der Waals surface area contributed by atoms with Gasteiger partial charge in [0.1, 0.15) is 0 Å². The van der Waals surface area contributed by atoms with Crippen molar-refractivity contribution in [3.05, 3.63) is 64.2 Å². The molecule has 0 bridgehead atoms. The highest BCUT2D eigenvalue weighted by Gasteiger charge is 2.14. The summed E-state index contributed by atoms with van der Waals surface area (Å²) in [4.78, 5) is 17.5. The zero-order chi connectivity index (χ0) is 20.0. The molecule has 0 saturated heterocycles. The number of aryl methyl sites for hydroxylation is 3. The standard InChI is InChI=1S/C25H33NO/c1-7-17(2)18(3)12-13-26-24-15-20(5)23(14-21(24)6)25(27)16-22-11-9-8-10-19(22)4/h8-11,13-15,17-18H,7,12,16H2,1-6H3. The van der Waals surface area contributed by atoms with Crippen molar-refractivity contribution in [1.82, 2.24) is 0 Å². The number of hydrogen-bond acceptors (Lipinski definition) is 2. The first kappa shape index (κ1) is 21.1. The smallest absolute Gasteiger partial charge is 0.167 e. The molecule has 0 amide bonds. The van der Waals surface area contributed by atoms with Gasteiger partial charge in [-0.05, 0) is 73.4 Å². The Morgan fingerprint density at radius 3 is 2.37 bits per heavy atom. The summed E-state index contributed by atoms with van der Waals surface area (Å²) in [6.45, 7) is 12.9. The van der Waals surface area contributed by atoms with Crippen molar-refractivity contribution in [1.29, 1.82) is 0 Å². The Hall–Kier alpha value is -2.22. The fraction of sp³-hybridized carbons (Fsp3) is 0.440. The number of carbonyl (C=O) groups excluding carboxylic acids is 1. The van der Waals surface area contributed by atoms with Crippen molar-refractivity contribution < 1.29 is 4.79 Å². The summed E-state index contributed by atoms with van der Waals surface area (Å²) in [5.74, 6) is 1.52. The highest BCUT2D eigenvalue weighted by atomic mass is 16.1. The van der Waals surface area contributed by atoms with Crippen LogP contribution in [0.25, 0.3) is 0 Å². The summed E-state index contributed by atoms with van der Waals surface area (Å²) in [7, 11) is 0. The average molecular weight is 364 g/mol. The van der Waals surface area contributed by atoms with Gasteiger partial charge in [0.15, 0.2) is 5.78 Å². The van der Waals surface area contributed by atoms with Gasteiger partial charge < -0.3 is 0 Å². The van der Waals surface area contributed by atoms with Crippen molar-refractivity contribution in [2.24, 2.45) is 16.8 Å². The highest BCUT2D eigenvalue weighted by Crippen LogP contribution is 2.25. The Balaban J connectivity index is 2.14. The van der Waals surface area contributed by atoms with Crippen molar-refractivity contribution >= 4 is 17.7 Å². The van der Waals surface area contributed by atoms with E-state index in [-0.39, 0.29) is 5.78 Å². The van der Waals surface area contributed by atoms with Gasteiger partial charge in [0.25, 0.3) is 0 Å². The number of benzene rings is 2. The molecule has 0 fully saturated rings. The Morgan fingerprint density at radius 2 is 1.70 bits per heavy atom. The molecular weight excluding hydrogens is 330 g/mol. The summed E-state index contributed by atoms with van der Waals surface area (Å²) < 4.78 is 0. The van der Waals surface area contributed by atoms with E-state index in [1.165, 1.54) is 6.42 Å². The Kier molecular flexibility index (Phi) is 7.53. The van der Waals surface area contributed by atoms with Crippen LogP contribution < -0.4 is 0 Å². The fourth-order valence-corrected chi connectivity index (χ4v) is 3.27. The molecule has 27 heavy (non-hydrogen) atoms. The normalized spacial score (nSPS) is 13.7. The van der Waals surface area contributed by atoms with Crippen LogP contribution in [0.4, 0.5) is 5.69 Å². The van der Waals surface area contributed by atoms with Gasteiger partial charge in [-0.3, -0.25) is 9.79 Å². The van der Waals surface area contributed by atoms with Crippen molar-refractivity contribution in [2.45, 2.75) is 60.8 Å². The zero-order valence-electron chi connectivity index (χ0n) is 17.7. The second kappa shape index (κ2) is 9.64. The molecule has 0 radical (unpaired) electrons. The minimum absolute atomic E-state index is 0.172. The van der Waals surface area contributed by atoms with Crippen LogP contribution in [0.5, 0.6) is 0 Å². The molecule has 0 aliphatic heterocycles. The van der Waals surface area contributed by atoms with E-state index in [0.717, 1.165) is 39.9 Å². The quantitative estimate of drug-likeness (QED) is 0.374. The van der Waals surface area contributed by atoms with Crippen LogP contribution in [-0.2, 0) is 6.42 Å². The second-order valence-electron chi connectivity index (χ2n) is 7.89. The van der Waals surface area contributed by atoms with Crippen LogP contribution in [0.1, 0.15) is 66.2 Å². The minimum atomic E-state index is 0.172.